The van der Waals surface area contributed by atoms with Gasteiger partial charge in [0.1, 0.15) is 11.9 Å². The highest BCUT2D eigenvalue weighted by Crippen LogP contribution is 2.20. The van der Waals surface area contributed by atoms with Gasteiger partial charge in [-0.2, -0.15) is 0 Å². The van der Waals surface area contributed by atoms with Crippen molar-refractivity contribution in [3.8, 4) is 0 Å². The van der Waals surface area contributed by atoms with Crippen molar-refractivity contribution in [2.45, 2.75) is 6.04 Å². The molecule has 1 aliphatic heterocycles. The summed E-state index contributed by atoms with van der Waals surface area (Å²) in [7, 11) is 0. The fourth-order valence-corrected chi connectivity index (χ4v) is 2.73. The topological polar surface area (TPSA) is 58.2 Å². The lowest BCUT2D eigenvalue weighted by molar-refractivity contribution is -0.117. The monoisotopic (exact) mass is 366 g/mol. The van der Waals surface area contributed by atoms with Crippen molar-refractivity contribution in [2.24, 2.45) is 0 Å². The highest BCUT2D eigenvalue weighted by atomic mass is 127. The molecule has 1 unspecified atom stereocenters. The lowest BCUT2D eigenvalue weighted by atomic mass is 10.2. The first kappa shape index (κ1) is 12.6. The SMILES string of the molecule is O=C1NC(C(=O)Nc2ccc(F)cc2I)CS1. The Labute approximate surface area is 115 Å². The Hall–Kier alpha value is -0.830. The Morgan fingerprint density at radius 1 is 1.59 bits per heavy atom. The van der Waals surface area contributed by atoms with Crippen molar-refractivity contribution >= 4 is 51.2 Å². The first-order valence-electron chi connectivity index (χ1n) is 4.75. The summed E-state index contributed by atoms with van der Waals surface area (Å²) in [4.78, 5) is 22.7. The fourth-order valence-electron chi connectivity index (χ4n) is 1.34. The van der Waals surface area contributed by atoms with Crippen LogP contribution in [0.2, 0.25) is 0 Å². The van der Waals surface area contributed by atoms with E-state index in [0.29, 0.717) is 15.0 Å². The molecule has 2 N–H and O–H groups in total. The molecule has 0 aliphatic carbocycles. The zero-order valence-corrected chi connectivity index (χ0v) is 11.5. The number of rotatable bonds is 2. The fraction of sp³-hybridized carbons (Fsp3) is 0.200. The Morgan fingerprint density at radius 3 is 2.94 bits per heavy atom. The van der Waals surface area contributed by atoms with Gasteiger partial charge in [0.25, 0.3) is 5.24 Å². The molecule has 4 nitrogen and oxygen atoms in total. The largest absolute Gasteiger partial charge is 0.334 e. The lowest BCUT2D eigenvalue weighted by Crippen LogP contribution is -2.38. The molecule has 1 fully saturated rings. The van der Waals surface area contributed by atoms with Crippen LogP contribution in [0.5, 0.6) is 0 Å². The Bertz CT molecular complexity index is 483. The number of benzene rings is 1. The van der Waals surface area contributed by atoms with E-state index < -0.39 is 6.04 Å². The number of carbonyl (C=O) groups excluding carboxylic acids is 2. The van der Waals surface area contributed by atoms with Gasteiger partial charge < -0.3 is 10.6 Å². The van der Waals surface area contributed by atoms with Crippen molar-refractivity contribution in [3.63, 3.8) is 0 Å². The average Bonchev–Trinajstić information content (AvgIpc) is 2.69. The van der Waals surface area contributed by atoms with Crippen molar-refractivity contribution in [1.82, 2.24) is 5.32 Å². The summed E-state index contributed by atoms with van der Waals surface area (Å²) in [5, 5.41) is 5.00. The highest BCUT2D eigenvalue weighted by molar-refractivity contribution is 14.1. The Morgan fingerprint density at radius 2 is 2.35 bits per heavy atom. The second kappa shape index (κ2) is 5.21. The molecule has 1 aromatic carbocycles. The smallest absolute Gasteiger partial charge is 0.279 e. The van der Waals surface area contributed by atoms with Crippen LogP contribution in [0.3, 0.4) is 0 Å². The van der Waals surface area contributed by atoms with Crippen molar-refractivity contribution in [1.29, 1.82) is 0 Å². The lowest BCUT2D eigenvalue weighted by Gasteiger charge is -2.11. The van der Waals surface area contributed by atoms with Crippen LogP contribution < -0.4 is 10.6 Å². The third-order valence-corrected chi connectivity index (χ3v) is 3.95. The highest BCUT2D eigenvalue weighted by Gasteiger charge is 2.28. The van der Waals surface area contributed by atoms with E-state index in [2.05, 4.69) is 10.6 Å². The van der Waals surface area contributed by atoms with E-state index in [4.69, 9.17) is 0 Å². The van der Waals surface area contributed by atoms with Crippen LogP contribution in [0.15, 0.2) is 18.2 Å². The molecule has 0 saturated carbocycles. The number of hydrogen-bond donors (Lipinski definition) is 2. The van der Waals surface area contributed by atoms with Crippen LogP contribution in [0.25, 0.3) is 0 Å². The Balaban J connectivity index is 2.05. The van der Waals surface area contributed by atoms with Gasteiger partial charge in [0.2, 0.25) is 5.91 Å². The summed E-state index contributed by atoms with van der Waals surface area (Å²) >= 11 is 3.02. The van der Waals surface area contributed by atoms with Crippen LogP contribution in [0, 0.1) is 9.39 Å². The van der Waals surface area contributed by atoms with Crippen molar-refractivity contribution in [2.75, 3.05) is 11.1 Å². The minimum atomic E-state index is -0.520. The third kappa shape index (κ3) is 3.09. The van der Waals surface area contributed by atoms with Gasteiger partial charge in [0.05, 0.1) is 5.69 Å². The molecule has 90 valence electrons. The predicted molar refractivity (Wildman–Crippen MR) is 72.5 cm³/mol. The molecule has 0 radical (unpaired) electrons. The molecule has 2 amide bonds. The number of thioether (sulfide) groups is 1. The van der Waals surface area contributed by atoms with Crippen LogP contribution in [0.4, 0.5) is 14.9 Å². The first-order valence-corrected chi connectivity index (χ1v) is 6.82. The first-order chi connectivity index (χ1) is 8.06. The maximum atomic E-state index is 12.9. The number of amides is 2. The molecule has 0 spiro atoms. The van der Waals surface area contributed by atoms with E-state index in [-0.39, 0.29) is 17.0 Å². The second-order valence-electron chi connectivity index (χ2n) is 3.41. The van der Waals surface area contributed by atoms with Gasteiger partial charge in [-0.15, -0.1) is 0 Å². The normalized spacial score (nSPS) is 18.9. The summed E-state index contributed by atoms with van der Waals surface area (Å²) < 4.78 is 13.5. The van der Waals surface area contributed by atoms with E-state index in [1.165, 1.54) is 18.2 Å². The molecule has 0 aromatic heterocycles. The zero-order chi connectivity index (χ0) is 12.4. The standard InChI is InChI=1S/C10H8FIN2O2S/c11-5-1-2-7(6(12)3-5)13-9(15)8-4-17-10(16)14-8/h1-3,8H,4H2,(H,13,15)(H,14,16). The molecular formula is C10H8FIN2O2S. The predicted octanol–water partition coefficient (Wildman–Crippen LogP) is 2.19. The minimum Gasteiger partial charge on any atom is -0.334 e. The third-order valence-electron chi connectivity index (χ3n) is 2.18. The van der Waals surface area contributed by atoms with Crippen molar-refractivity contribution < 1.29 is 14.0 Å². The van der Waals surface area contributed by atoms with Gasteiger partial charge in [-0.1, -0.05) is 11.8 Å². The van der Waals surface area contributed by atoms with Crippen LogP contribution in [0.1, 0.15) is 0 Å². The number of anilines is 1. The van der Waals surface area contributed by atoms with Gasteiger partial charge in [-0.3, -0.25) is 9.59 Å². The number of hydrogen-bond acceptors (Lipinski definition) is 3. The van der Waals surface area contributed by atoms with Gasteiger partial charge in [0, 0.05) is 9.32 Å². The van der Waals surface area contributed by atoms with Crippen LogP contribution >= 0.6 is 34.4 Å². The van der Waals surface area contributed by atoms with Crippen molar-refractivity contribution in [3.05, 3.63) is 27.6 Å². The maximum absolute atomic E-state index is 12.9. The zero-order valence-electron chi connectivity index (χ0n) is 8.50. The summed E-state index contributed by atoms with van der Waals surface area (Å²) in [6.45, 7) is 0. The van der Waals surface area contributed by atoms with E-state index in [9.17, 15) is 14.0 Å². The van der Waals surface area contributed by atoms with E-state index >= 15 is 0 Å². The molecule has 1 aliphatic rings. The number of nitrogens with one attached hydrogen (secondary N) is 2. The van der Waals surface area contributed by atoms with E-state index in [1.54, 1.807) is 0 Å². The molecular weight excluding hydrogens is 358 g/mol. The van der Waals surface area contributed by atoms with Crippen LogP contribution in [-0.2, 0) is 4.79 Å². The summed E-state index contributed by atoms with van der Waals surface area (Å²) in [5.41, 5.74) is 0.545. The quantitative estimate of drug-likeness (QED) is 0.790. The summed E-state index contributed by atoms with van der Waals surface area (Å²) in [5.74, 6) is -0.215. The summed E-state index contributed by atoms with van der Waals surface area (Å²) in [6, 6.07) is 3.59. The molecule has 2 rings (SSSR count). The molecule has 1 saturated heterocycles. The van der Waals surface area contributed by atoms with E-state index in [1.807, 2.05) is 22.6 Å². The van der Waals surface area contributed by atoms with Gasteiger partial charge >= 0.3 is 0 Å². The maximum Gasteiger partial charge on any atom is 0.279 e. The molecule has 0 bridgehead atoms. The number of halogens is 2. The van der Waals surface area contributed by atoms with Gasteiger partial charge in [-0.05, 0) is 40.8 Å². The number of carbonyl (C=O) groups is 2. The second-order valence-corrected chi connectivity index (χ2v) is 5.56. The molecule has 1 heterocycles. The molecule has 7 heteroatoms. The molecule has 1 aromatic rings. The summed E-state index contributed by atoms with van der Waals surface area (Å²) in [6.07, 6.45) is 0. The molecule has 1 atom stereocenters. The van der Waals surface area contributed by atoms with Gasteiger partial charge in [0.15, 0.2) is 0 Å². The van der Waals surface area contributed by atoms with Gasteiger partial charge in [-0.25, -0.2) is 4.39 Å². The molecule has 17 heavy (non-hydrogen) atoms. The average molecular weight is 366 g/mol. The Kier molecular flexibility index (Phi) is 3.87. The van der Waals surface area contributed by atoms with E-state index in [0.717, 1.165) is 11.8 Å². The minimum absolute atomic E-state index is 0.195. The van der Waals surface area contributed by atoms with Crippen LogP contribution in [-0.4, -0.2) is 22.9 Å².